The van der Waals surface area contributed by atoms with Gasteiger partial charge in [0.2, 0.25) is 0 Å². The molecule has 6 heteroatoms. The van der Waals surface area contributed by atoms with Gasteiger partial charge >= 0.3 is 0 Å². The lowest BCUT2D eigenvalue weighted by Gasteiger charge is -2.19. The second kappa shape index (κ2) is 5.36. The molecule has 0 aliphatic rings. The minimum atomic E-state index is -0.433. The molecule has 1 amide bonds. The molecule has 1 aromatic rings. The number of anilines is 1. The third-order valence-corrected chi connectivity index (χ3v) is 1.85. The number of carbonyl (C=O) groups is 1. The first-order valence-corrected chi connectivity index (χ1v) is 5.44. The summed E-state index contributed by atoms with van der Waals surface area (Å²) in [5.74, 6) is 0.657. The Morgan fingerprint density at radius 2 is 2.22 bits per heavy atom. The van der Waals surface area contributed by atoms with Crippen molar-refractivity contribution < 1.29 is 9.32 Å². The number of aromatic nitrogens is 1. The van der Waals surface area contributed by atoms with Crippen LogP contribution >= 0.6 is 0 Å². The Kier molecular flexibility index (Phi) is 4.10. The zero-order valence-corrected chi connectivity index (χ0v) is 10.9. The van der Waals surface area contributed by atoms with Crippen molar-refractivity contribution in [3.05, 3.63) is 23.6 Å². The lowest BCUT2D eigenvalue weighted by Crippen LogP contribution is -2.41. The standard InChI is InChI=1S/C12H16N4O2/c1-8-5-10(16-18-8)14-7-9(6-13)11(17)15-12(2,3)4/h5,7H,1-4H3,(H,14,16)(H,15,17)/b9-7-. The number of aryl methyl sites for hydroxylation is 1. The van der Waals surface area contributed by atoms with Crippen molar-refractivity contribution >= 4 is 11.7 Å². The van der Waals surface area contributed by atoms with Crippen LogP contribution in [-0.4, -0.2) is 16.6 Å². The van der Waals surface area contributed by atoms with Gasteiger partial charge in [0.1, 0.15) is 17.4 Å². The van der Waals surface area contributed by atoms with Crippen LogP contribution in [0.1, 0.15) is 26.5 Å². The van der Waals surface area contributed by atoms with Gasteiger partial charge < -0.3 is 15.2 Å². The van der Waals surface area contributed by atoms with Gasteiger partial charge in [-0.1, -0.05) is 5.16 Å². The highest BCUT2D eigenvalue weighted by Gasteiger charge is 2.17. The number of rotatable bonds is 3. The van der Waals surface area contributed by atoms with Crippen molar-refractivity contribution in [1.82, 2.24) is 10.5 Å². The molecule has 1 heterocycles. The van der Waals surface area contributed by atoms with E-state index in [0.29, 0.717) is 11.6 Å². The maximum Gasteiger partial charge on any atom is 0.263 e. The fourth-order valence-electron chi connectivity index (χ4n) is 1.14. The lowest BCUT2D eigenvalue weighted by atomic mass is 10.1. The summed E-state index contributed by atoms with van der Waals surface area (Å²) in [7, 11) is 0. The van der Waals surface area contributed by atoms with Gasteiger partial charge in [-0.3, -0.25) is 4.79 Å². The fourth-order valence-corrected chi connectivity index (χ4v) is 1.14. The number of nitriles is 1. The van der Waals surface area contributed by atoms with E-state index in [9.17, 15) is 4.79 Å². The summed E-state index contributed by atoms with van der Waals surface area (Å²) in [6, 6.07) is 3.49. The minimum absolute atomic E-state index is 0.0226. The van der Waals surface area contributed by atoms with Gasteiger partial charge in [0.05, 0.1) is 0 Å². The third-order valence-electron chi connectivity index (χ3n) is 1.85. The highest BCUT2D eigenvalue weighted by atomic mass is 16.5. The Hall–Kier alpha value is -2.29. The SMILES string of the molecule is Cc1cc(N/C=C(/C#N)C(=O)NC(C)(C)C)no1. The van der Waals surface area contributed by atoms with E-state index in [4.69, 9.17) is 9.78 Å². The first kappa shape index (κ1) is 13.8. The van der Waals surface area contributed by atoms with E-state index < -0.39 is 11.4 Å². The molecule has 0 atom stereocenters. The summed E-state index contributed by atoms with van der Waals surface area (Å²) in [4.78, 5) is 11.7. The molecule has 6 nitrogen and oxygen atoms in total. The Balaban J connectivity index is 2.72. The monoisotopic (exact) mass is 248 g/mol. The van der Waals surface area contributed by atoms with E-state index in [0.717, 1.165) is 0 Å². The summed E-state index contributed by atoms with van der Waals surface area (Å²) in [5.41, 5.74) is -0.414. The van der Waals surface area contributed by atoms with E-state index in [1.165, 1.54) is 6.20 Å². The second-order valence-corrected chi connectivity index (χ2v) is 4.84. The predicted octanol–water partition coefficient (Wildman–Crippen LogP) is 1.72. The molecule has 96 valence electrons. The summed E-state index contributed by atoms with van der Waals surface area (Å²) in [6.45, 7) is 7.27. The van der Waals surface area contributed by atoms with Crippen LogP contribution in [0.25, 0.3) is 0 Å². The normalized spacial score (nSPS) is 11.8. The molecule has 0 aromatic carbocycles. The average molecular weight is 248 g/mol. The van der Waals surface area contributed by atoms with Gasteiger partial charge in [-0.15, -0.1) is 0 Å². The second-order valence-electron chi connectivity index (χ2n) is 4.84. The maximum absolute atomic E-state index is 11.7. The topological polar surface area (TPSA) is 91.0 Å². The van der Waals surface area contributed by atoms with Crippen LogP contribution in [0.3, 0.4) is 0 Å². The third kappa shape index (κ3) is 4.29. The van der Waals surface area contributed by atoms with E-state index in [1.807, 2.05) is 26.8 Å². The number of carbonyl (C=O) groups excluding carboxylic acids is 1. The van der Waals surface area contributed by atoms with Crippen LogP contribution < -0.4 is 10.6 Å². The quantitative estimate of drug-likeness (QED) is 0.627. The van der Waals surface area contributed by atoms with Crippen molar-refractivity contribution in [2.24, 2.45) is 0 Å². The highest BCUT2D eigenvalue weighted by Crippen LogP contribution is 2.08. The zero-order valence-electron chi connectivity index (χ0n) is 10.9. The number of hydrogen-bond acceptors (Lipinski definition) is 5. The van der Waals surface area contributed by atoms with Crippen molar-refractivity contribution in [2.75, 3.05) is 5.32 Å². The molecule has 0 aliphatic carbocycles. The molecular weight excluding hydrogens is 232 g/mol. The van der Waals surface area contributed by atoms with Crippen LogP contribution in [0, 0.1) is 18.3 Å². The Morgan fingerprint density at radius 3 is 2.67 bits per heavy atom. The summed E-state index contributed by atoms with van der Waals surface area (Å²) >= 11 is 0. The Labute approximate surface area is 106 Å². The van der Waals surface area contributed by atoms with Gasteiger partial charge in [-0.25, -0.2) is 0 Å². The summed E-state index contributed by atoms with van der Waals surface area (Å²) in [5, 5.41) is 18.0. The van der Waals surface area contributed by atoms with Crippen LogP contribution in [0.4, 0.5) is 5.82 Å². The molecule has 0 bridgehead atoms. The first-order valence-electron chi connectivity index (χ1n) is 5.44. The molecule has 0 saturated heterocycles. The van der Waals surface area contributed by atoms with Crippen molar-refractivity contribution in [1.29, 1.82) is 5.26 Å². The zero-order chi connectivity index (χ0) is 13.8. The van der Waals surface area contributed by atoms with E-state index in [1.54, 1.807) is 13.0 Å². The molecule has 0 spiro atoms. The van der Waals surface area contributed by atoms with Crippen LogP contribution in [-0.2, 0) is 4.79 Å². The summed E-state index contributed by atoms with van der Waals surface area (Å²) < 4.78 is 4.85. The maximum atomic E-state index is 11.7. The molecule has 1 aromatic heterocycles. The highest BCUT2D eigenvalue weighted by molar-refractivity contribution is 5.97. The van der Waals surface area contributed by atoms with Crippen LogP contribution in [0.15, 0.2) is 22.4 Å². The number of nitrogens with one attached hydrogen (secondary N) is 2. The molecule has 0 saturated carbocycles. The Bertz CT molecular complexity index is 503. The molecule has 1 rings (SSSR count). The van der Waals surface area contributed by atoms with Gasteiger partial charge in [-0.2, -0.15) is 5.26 Å². The molecule has 2 N–H and O–H groups in total. The van der Waals surface area contributed by atoms with E-state index >= 15 is 0 Å². The summed E-state index contributed by atoms with van der Waals surface area (Å²) in [6.07, 6.45) is 1.30. The number of amides is 1. The molecule has 0 radical (unpaired) electrons. The van der Waals surface area contributed by atoms with Gasteiger partial charge in [-0.05, 0) is 27.7 Å². The molecule has 0 unspecified atom stereocenters. The molecule has 0 fully saturated rings. The van der Waals surface area contributed by atoms with Crippen LogP contribution in [0.5, 0.6) is 0 Å². The Morgan fingerprint density at radius 1 is 1.56 bits per heavy atom. The van der Waals surface area contributed by atoms with E-state index in [-0.39, 0.29) is 5.57 Å². The number of hydrogen-bond donors (Lipinski definition) is 2. The molecular formula is C12H16N4O2. The van der Waals surface area contributed by atoms with Crippen LogP contribution in [0.2, 0.25) is 0 Å². The number of nitrogens with zero attached hydrogens (tertiary/aromatic N) is 2. The van der Waals surface area contributed by atoms with Crippen molar-refractivity contribution in [3.63, 3.8) is 0 Å². The van der Waals surface area contributed by atoms with Gasteiger partial charge in [0.25, 0.3) is 5.91 Å². The lowest BCUT2D eigenvalue weighted by molar-refractivity contribution is -0.118. The first-order chi connectivity index (χ1) is 8.31. The molecule has 0 aliphatic heterocycles. The fraction of sp³-hybridized carbons (Fsp3) is 0.417. The van der Waals surface area contributed by atoms with Crippen molar-refractivity contribution in [3.8, 4) is 6.07 Å². The van der Waals surface area contributed by atoms with Crippen molar-refractivity contribution in [2.45, 2.75) is 33.2 Å². The predicted molar refractivity (Wildman–Crippen MR) is 66.5 cm³/mol. The van der Waals surface area contributed by atoms with Gasteiger partial charge in [0.15, 0.2) is 5.82 Å². The average Bonchev–Trinajstić information content (AvgIpc) is 2.62. The minimum Gasteiger partial charge on any atom is -0.360 e. The van der Waals surface area contributed by atoms with E-state index in [2.05, 4.69) is 15.8 Å². The van der Waals surface area contributed by atoms with Gasteiger partial charge in [0, 0.05) is 17.8 Å². The molecule has 18 heavy (non-hydrogen) atoms. The smallest absolute Gasteiger partial charge is 0.263 e. The largest absolute Gasteiger partial charge is 0.360 e.